The Kier molecular flexibility index (Phi) is 6.10. The zero-order valence-corrected chi connectivity index (χ0v) is 10.2. The lowest BCUT2D eigenvalue weighted by atomic mass is 9.99. The zero-order valence-electron chi connectivity index (χ0n) is 9.34. The molecule has 0 saturated carbocycles. The molecule has 0 aromatic carbocycles. The number of carbonyl (C=O) groups excluding carboxylic acids is 1. The maximum Gasteiger partial charge on any atom is 0.340 e. The maximum atomic E-state index is 11.4. The van der Waals surface area contributed by atoms with Crippen molar-refractivity contribution in [1.29, 1.82) is 0 Å². The monoisotopic (exact) mass is 238 g/mol. The minimum Gasteiger partial charge on any atom is -0.465 e. The summed E-state index contributed by atoms with van der Waals surface area (Å²) >= 11 is 0. The predicted octanol–water partition coefficient (Wildman–Crippen LogP) is 1.53. The quantitative estimate of drug-likeness (QED) is 0.541. The third-order valence-electron chi connectivity index (χ3n) is 2.39. The standard InChI is InChI=1S/C9H19O5P/c1-4-7(5-2)8(15(11,12)13)9(10)14-6-3/h7-8H,4-6H2,1-3H3,(H2,11,12,13). The predicted molar refractivity (Wildman–Crippen MR) is 56.5 cm³/mol. The molecule has 2 N–H and O–H groups in total. The van der Waals surface area contributed by atoms with E-state index in [1.807, 2.05) is 0 Å². The fourth-order valence-corrected chi connectivity index (χ4v) is 2.89. The van der Waals surface area contributed by atoms with E-state index >= 15 is 0 Å². The zero-order chi connectivity index (χ0) is 12.1. The van der Waals surface area contributed by atoms with Crippen LogP contribution in [0.15, 0.2) is 0 Å². The molecule has 0 fully saturated rings. The highest BCUT2D eigenvalue weighted by atomic mass is 31.2. The molecule has 90 valence electrons. The molecule has 0 aliphatic carbocycles. The summed E-state index contributed by atoms with van der Waals surface area (Å²) < 4.78 is 15.9. The lowest BCUT2D eigenvalue weighted by molar-refractivity contribution is -0.144. The van der Waals surface area contributed by atoms with Gasteiger partial charge in [0, 0.05) is 0 Å². The Bertz CT molecular complexity index is 243. The minimum atomic E-state index is -4.43. The second kappa shape index (κ2) is 6.26. The van der Waals surface area contributed by atoms with Crippen LogP contribution >= 0.6 is 7.60 Å². The summed E-state index contributed by atoms with van der Waals surface area (Å²) in [5, 5.41) is 0. The van der Waals surface area contributed by atoms with Gasteiger partial charge in [-0.05, 0) is 12.8 Å². The van der Waals surface area contributed by atoms with Crippen LogP contribution in [0.25, 0.3) is 0 Å². The Balaban J connectivity index is 4.88. The molecule has 0 aromatic rings. The Hall–Kier alpha value is -0.380. The van der Waals surface area contributed by atoms with Crippen molar-refractivity contribution >= 4 is 13.6 Å². The number of ether oxygens (including phenoxy) is 1. The van der Waals surface area contributed by atoms with Crippen LogP contribution in [0.3, 0.4) is 0 Å². The van der Waals surface area contributed by atoms with Gasteiger partial charge in [0.05, 0.1) is 6.61 Å². The van der Waals surface area contributed by atoms with Crippen molar-refractivity contribution in [2.24, 2.45) is 5.92 Å². The van der Waals surface area contributed by atoms with Crippen molar-refractivity contribution in [2.45, 2.75) is 39.3 Å². The van der Waals surface area contributed by atoms with Crippen molar-refractivity contribution in [3.8, 4) is 0 Å². The molecular weight excluding hydrogens is 219 g/mol. The van der Waals surface area contributed by atoms with Crippen LogP contribution < -0.4 is 0 Å². The summed E-state index contributed by atoms with van der Waals surface area (Å²) in [6, 6.07) is 0. The SMILES string of the molecule is CCOC(=O)C(C(CC)CC)P(=O)(O)O. The summed E-state index contributed by atoms with van der Waals surface area (Å²) in [6.45, 7) is 5.35. The molecule has 0 spiro atoms. The summed E-state index contributed by atoms with van der Waals surface area (Å²) in [7, 11) is -4.43. The third kappa shape index (κ3) is 4.33. The van der Waals surface area contributed by atoms with Crippen LogP contribution in [-0.4, -0.2) is 28.0 Å². The first-order valence-electron chi connectivity index (χ1n) is 5.10. The fraction of sp³-hybridized carbons (Fsp3) is 0.889. The molecule has 0 aliphatic rings. The van der Waals surface area contributed by atoms with E-state index in [4.69, 9.17) is 9.79 Å². The van der Waals surface area contributed by atoms with Gasteiger partial charge in [-0.3, -0.25) is 9.36 Å². The first kappa shape index (κ1) is 14.6. The molecule has 0 saturated heterocycles. The first-order valence-corrected chi connectivity index (χ1v) is 6.78. The molecule has 0 amide bonds. The molecule has 0 radical (unpaired) electrons. The first-order chi connectivity index (χ1) is 6.88. The normalized spacial score (nSPS) is 14.0. The lowest BCUT2D eigenvalue weighted by Gasteiger charge is -2.23. The Labute approximate surface area is 90.0 Å². The van der Waals surface area contributed by atoms with Crippen molar-refractivity contribution in [3.05, 3.63) is 0 Å². The molecule has 6 heteroatoms. The van der Waals surface area contributed by atoms with Crippen molar-refractivity contribution < 1.29 is 23.9 Å². The number of esters is 1. The van der Waals surface area contributed by atoms with E-state index in [0.717, 1.165) is 0 Å². The van der Waals surface area contributed by atoms with E-state index in [9.17, 15) is 9.36 Å². The number of hydrogen-bond donors (Lipinski definition) is 2. The number of rotatable bonds is 6. The van der Waals surface area contributed by atoms with Crippen LogP contribution in [0.5, 0.6) is 0 Å². The highest BCUT2D eigenvalue weighted by Crippen LogP contribution is 2.47. The molecule has 0 aliphatic heterocycles. The molecule has 1 atom stereocenters. The molecule has 1 unspecified atom stereocenters. The fourth-order valence-electron chi connectivity index (χ4n) is 1.57. The Morgan fingerprint density at radius 2 is 1.73 bits per heavy atom. The second-order valence-electron chi connectivity index (χ2n) is 3.36. The third-order valence-corrected chi connectivity index (χ3v) is 3.74. The van der Waals surface area contributed by atoms with Crippen molar-refractivity contribution in [3.63, 3.8) is 0 Å². The second-order valence-corrected chi connectivity index (χ2v) is 5.10. The minimum absolute atomic E-state index is 0.134. The van der Waals surface area contributed by atoms with Gasteiger partial charge >= 0.3 is 13.6 Å². The lowest BCUT2D eigenvalue weighted by Crippen LogP contribution is -2.31. The van der Waals surface area contributed by atoms with Gasteiger partial charge in [0.2, 0.25) is 0 Å². The van der Waals surface area contributed by atoms with E-state index in [1.54, 1.807) is 20.8 Å². The molecule has 0 bridgehead atoms. The van der Waals surface area contributed by atoms with Crippen molar-refractivity contribution in [2.75, 3.05) is 6.61 Å². The van der Waals surface area contributed by atoms with Gasteiger partial charge in [-0.15, -0.1) is 0 Å². The molecule has 0 aromatic heterocycles. The van der Waals surface area contributed by atoms with Crippen LogP contribution in [0.2, 0.25) is 0 Å². The smallest absolute Gasteiger partial charge is 0.340 e. The highest BCUT2D eigenvalue weighted by Gasteiger charge is 2.41. The van der Waals surface area contributed by atoms with Gasteiger partial charge in [0.15, 0.2) is 5.66 Å². The Morgan fingerprint density at radius 3 is 2.00 bits per heavy atom. The number of carbonyl (C=O) groups is 1. The summed E-state index contributed by atoms with van der Waals surface area (Å²) in [5.41, 5.74) is -1.31. The Morgan fingerprint density at radius 1 is 1.27 bits per heavy atom. The molecular formula is C9H19O5P. The van der Waals surface area contributed by atoms with E-state index in [1.165, 1.54) is 0 Å². The van der Waals surface area contributed by atoms with Crippen LogP contribution in [0, 0.1) is 5.92 Å². The van der Waals surface area contributed by atoms with Crippen LogP contribution in [-0.2, 0) is 14.1 Å². The van der Waals surface area contributed by atoms with Crippen molar-refractivity contribution in [1.82, 2.24) is 0 Å². The average Bonchev–Trinajstić information content (AvgIpc) is 2.11. The molecule has 0 heterocycles. The van der Waals surface area contributed by atoms with Gasteiger partial charge < -0.3 is 14.5 Å². The van der Waals surface area contributed by atoms with E-state index in [2.05, 4.69) is 4.74 Å². The van der Waals surface area contributed by atoms with Crippen LogP contribution in [0.4, 0.5) is 0 Å². The maximum absolute atomic E-state index is 11.4. The highest BCUT2D eigenvalue weighted by molar-refractivity contribution is 7.53. The van der Waals surface area contributed by atoms with E-state index in [-0.39, 0.29) is 12.5 Å². The van der Waals surface area contributed by atoms with E-state index in [0.29, 0.717) is 12.8 Å². The van der Waals surface area contributed by atoms with Gasteiger partial charge in [-0.25, -0.2) is 0 Å². The summed E-state index contributed by atoms with van der Waals surface area (Å²) in [4.78, 5) is 29.7. The largest absolute Gasteiger partial charge is 0.465 e. The van der Waals surface area contributed by atoms with Gasteiger partial charge in [-0.1, -0.05) is 26.7 Å². The summed E-state index contributed by atoms with van der Waals surface area (Å²) in [6.07, 6.45) is 1.09. The molecule has 0 rings (SSSR count). The van der Waals surface area contributed by atoms with Gasteiger partial charge in [0.1, 0.15) is 0 Å². The molecule has 15 heavy (non-hydrogen) atoms. The van der Waals surface area contributed by atoms with Gasteiger partial charge in [-0.2, -0.15) is 0 Å². The average molecular weight is 238 g/mol. The van der Waals surface area contributed by atoms with E-state index < -0.39 is 19.2 Å². The van der Waals surface area contributed by atoms with Gasteiger partial charge in [0.25, 0.3) is 0 Å². The topological polar surface area (TPSA) is 83.8 Å². The summed E-state index contributed by atoms with van der Waals surface area (Å²) in [5.74, 6) is -1.12. The van der Waals surface area contributed by atoms with Crippen LogP contribution in [0.1, 0.15) is 33.6 Å². The number of hydrogen-bond acceptors (Lipinski definition) is 3. The molecule has 5 nitrogen and oxygen atoms in total.